The summed E-state index contributed by atoms with van der Waals surface area (Å²) in [6.07, 6.45) is 5.96. The average Bonchev–Trinajstić information content (AvgIpc) is 3.12. The summed E-state index contributed by atoms with van der Waals surface area (Å²) in [6.45, 7) is 0.986. The van der Waals surface area contributed by atoms with Crippen molar-refractivity contribution < 1.29 is 9.59 Å². The lowest BCUT2D eigenvalue weighted by Crippen LogP contribution is -2.45. The number of aromatic nitrogens is 2. The van der Waals surface area contributed by atoms with Gasteiger partial charge in [-0.05, 0) is 30.5 Å². The van der Waals surface area contributed by atoms with Crippen molar-refractivity contribution in [3.63, 3.8) is 0 Å². The van der Waals surface area contributed by atoms with Crippen LogP contribution in [0.25, 0.3) is 5.52 Å². The zero-order chi connectivity index (χ0) is 18.6. The van der Waals surface area contributed by atoms with Gasteiger partial charge in [0, 0.05) is 31.3 Å². The molecule has 1 saturated heterocycles. The van der Waals surface area contributed by atoms with Gasteiger partial charge in [0.1, 0.15) is 6.04 Å². The van der Waals surface area contributed by atoms with Crippen LogP contribution in [0.3, 0.4) is 0 Å². The van der Waals surface area contributed by atoms with Crippen LogP contribution < -0.4 is 5.32 Å². The normalized spacial score (nSPS) is 15.7. The van der Waals surface area contributed by atoms with E-state index in [0.29, 0.717) is 19.5 Å². The molecule has 4 rings (SSSR count). The zero-order valence-corrected chi connectivity index (χ0v) is 15.0. The molecule has 2 amide bonds. The molecule has 0 bridgehead atoms. The second-order valence-corrected chi connectivity index (χ2v) is 6.78. The van der Waals surface area contributed by atoms with Crippen molar-refractivity contribution in [3.8, 4) is 0 Å². The van der Waals surface area contributed by atoms with E-state index >= 15 is 0 Å². The predicted molar refractivity (Wildman–Crippen MR) is 102 cm³/mol. The molecule has 6 nitrogen and oxygen atoms in total. The van der Waals surface area contributed by atoms with E-state index in [1.54, 1.807) is 15.6 Å². The van der Waals surface area contributed by atoms with Crippen molar-refractivity contribution in [1.29, 1.82) is 0 Å². The number of pyridine rings is 1. The van der Waals surface area contributed by atoms with E-state index in [4.69, 9.17) is 0 Å². The van der Waals surface area contributed by atoms with E-state index in [1.807, 2.05) is 54.7 Å². The molecule has 1 unspecified atom stereocenters. The molecule has 6 heteroatoms. The molecular weight excluding hydrogens is 340 g/mol. The Kier molecular flexibility index (Phi) is 4.87. The van der Waals surface area contributed by atoms with Crippen LogP contribution in [0, 0.1) is 0 Å². The third kappa shape index (κ3) is 3.56. The Balaban J connectivity index is 1.56. The molecule has 1 N–H and O–H groups in total. The minimum Gasteiger partial charge on any atom is -0.350 e. The van der Waals surface area contributed by atoms with Crippen molar-refractivity contribution >= 4 is 17.3 Å². The third-order valence-corrected chi connectivity index (χ3v) is 4.99. The van der Waals surface area contributed by atoms with Crippen LogP contribution in [0.2, 0.25) is 0 Å². The highest BCUT2D eigenvalue weighted by Crippen LogP contribution is 2.26. The van der Waals surface area contributed by atoms with Gasteiger partial charge in [0.15, 0.2) is 0 Å². The first-order chi connectivity index (χ1) is 13.2. The summed E-state index contributed by atoms with van der Waals surface area (Å²) in [5, 5.41) is 7.31. The lowest BCUT2D eigenvalue weighted by Gasteiger charge is -2.34. The van der Waals surface area contributed by atoms with Crippen LogP contribution in [-0.2, 0) is 16.1 Å². The lowest BCUT2D eigenvalue weighted by molar-refractivity contribution is -0.142. The summed E-state index contributed by atoms with van der Waals surface area (Å²) >= 11 is 0. The molecule has 0 aliphatic carbocycles. The van der Waals surface area contributed by atoms with Gasteiger partial charge in [-0.2, -0.15) is 5.10 Å². The zero-order valence-electron chi connectivity index (χ0n) is 15.0. The molecule has 3 heterocycles. The summed E-state index contributed by atoms with van der Waals surface area (Å²) in [6, 6.07) is 14.7. The number of nitrogens with zero attached hydrogens (tertiary/aromatic N) is 3. The number of likely N-dealkylation sites (tertiary alicyclic amines) is 1. The van der Waals surface area contributed by atoms with E-state index in [9.17, 15) is 9.59 Å². The van der Waals surface area contributed by atoms with Gasteiger partial charge in [-0.1, -0.05) is 36.4 Å². The van der Waals surface area contributed by atoms with Crippen molar-refractivity contribution in [2.24, 2.45) is 0 Å². The fourth-order valence-electron chi connectivity index (χ4n) is 3.61. The Morgan fingerprint density at radius 2 is 1.93 bits per heavy atom. The Hall–Kier alpha value is -3.15. The van der Waals surface area contributed by atoms with Gasteiger partial charge < -0.3 is 10.2 Å². The molecule has 2 aromatic heterocycles. The molecule has 3 aromatic rings. The van der Waals surface area contributed by atoms with Crippen LogP contribution in [-0.4, -0.2) is 32.9 Å². The smallest absolute Gasteiger partial charge is 0.247 e. The molecule has 1 atom stereocenters. The Labute approximate surface area is 157 Å². The maximum atomic E-state index is 13.1. The minimum absolute atomic E-state index is 0.0428. The van der Waals surface area contributed by atoms with Gasteiger partial charge in [0.25, 0.3) is 0 Å². The van der Waals surface area contributed by atoms with Gasteiger partial charge in [0.2, 0.25) is 11.8 Å². The van der Waals surface area contributed by atoms with E-state index in [0.717, 1.165) is 29.5 Å². The Morgan fingerprint density at radius 1 is 1.11 bits per heavy atom. The molecule has 1 fully saturated rings. The first-order valence-electron chi connectivity index (χ1n) is 9.27. The largest absolute Gasteiger partial charge is 0.350 e. The first-order valence-corrected chi connectivity index (χ1v) is 9.27. The third-order valence-electron chi connectivity index (χ3n) is 4.99. The summed E-state index contributed by atoms with van der Waals surface area (Å²) in [7, 11) is 0. The molecule has 138 valence electrons. The second-order valence-electron chi connectivity index (χ2n) is 6.78. The van der Waals surface area contributed by atoms with Gasteiger partial charge in [-0.25, -0.2) is 4.52 Å². The molecule has 0 saturated carbocycles. The van der Waals surface area contributed by atoms with Crippen molar-refractivity contribution in [1.82, 2.24) is 19.8 Å². The van der Waals surface area contributed by atoms with Crippen LogP contribution in [0.1, 0.15) is 36.4 Å². The molecule has 0 spiro atoms. The standard InChI is InChI=1S/C21H22N4O2/c26-19-11-5-6-12-24(19)20(16-8-2-1-3-9-16)21(27)22-14-17-15-23-25-13-7-4-10-18(17)25/h1-4,7-10,13,15,20H,5-6,11-12,14H2,(H,22,27). The number of carbonyl (C=O) groups is 2. The average molecular weight is 362 g/mol. The lowest BCUT2D eigenvalue weighted by atomic mass is 10.0. The summed E-state index contributed by atoms with van der Waals surface area (Å²) in [5.74, 6) is -0.118. The second kappa shape index (κ2) is 7.61. The topological polar surface area (TPSA) is 66.7 Å². The number of amides is 2. The molecule has 1 aromatic carbocycles. The van der Waals surface area contributed by atoms with E-state index in [1.165, 1.54) is 0 Å². The quantitative estimate of drug-likeness (QED) is 0.759. The highest BCUT2D eigenvalue weighted by Gasteiger charge is 2.32. The number of piperidine rings is 1. The van der Waals surface area contributed by atoms with E-state index in [2.05, 4.69) is 10.4 Å². The summed E-state index contributed by atoms with van der Waals surface area (Å²) in [4.78, 5) is 27.3. The van der Waals surface area contributed by atoms with Crippen LogP contribution in [0.4, 0.5) is 0 Å². The number of benzene rings is 1. The fraction of sp³-hybridized carbons (Fsp3) is 0.286. The van der Waals surface area contributed by atoms with Crippen molar-refractivity contribution in [2.45, 2.75) is 31.8 Å². The first kappa shape index (κ1) is 17.3. The maximum Gasteiger partial charge on any atom is 0.247 e. The van der Waals surface area contributed by atoms with E-state index < -0.39 is 6.04 Å². The molecular formula is C21H22N4O2. The van der Waals surface area contributed by atoms with Crippen molar-refractivity contribution in [2.75, 3.05) is 6.54 Å². The van der Waals surface area contributed by atoms with Crippen LogP contribution >= 0.6 is 0 Å². The molecule has 27 heavy (non-hydrogen) atoms. The summed E-state index contributed by atoms with van der Waals surface area (Å²) < 4.78 is 1.78. The number of hydrogen-bond donors (Lipinski definition) is 1. The molecule has 1 aliphatic heterocycles. The van der Waals surface area contributed by atoms with Crippen molar-refractivity contribution in [3.05, 3.63) is 72.1 Å². The SMILES string of the molecule is O=C(NCc1cnn2ccccc12)C(c1ccccc1)N1CCCCC1=O. The number of fused-ring (bicyclic) bond motifs is 1. The number of carbonyl (C=O) groups excluding carboxylic acids is 2. The molecule has 0 radical (unpaired) electrons. The highest BCUT2D eigenvalue weighted by atomic mass is 16.2. The van der Waals surface area contributed by atoms with E-state index in [-0.39, 0.29) is 11.8 Å². The van der Waals surface area contributed by atoms with Gasteiger partial charge in [0.05, 0.1) is 11.7 Å². The fourth-order valence-corrected chi connectivity index (χ4v) is 3.61. The highest BCUT2D eigenvalue weighted by molar-refractivity contribution is 5.89. The predicted octanol–water partition coefficient (Wildman–Crippen LogP) is 2.70. The van der Waals surface area contributed by atoms with Crippen LogP contribution in [0.5, 0.6) is 0 Å². The monoisotopic (exact) mass is 362 g/mol. The summed E-state index contributed by atoms with van der Waals surface area (Å²) in [5.41, 5.74) is 2.74. The maximum absolute atomic E-state index is 13.1. The number of rotatable bonds is 5. The minimum atomic E-state index is -0.596. The Morgan fingerprint density at radius 3 is 2.74 bits per heavy atom. The Bertz CT molecular complexity index is 951. The van der Waals surface area contributed by atoms with Gasteiger partial charge >= 0.3 is 0 Å². The number of hydrogen-bond acceptors (Lipinski definition) is 3. The van der Waals surface area contributed by atoms with Crippen LogP contribution in [0.15, 0.2) is 60.9 Å². The van der Waals surface area contributed by atoms with Gasteiger partial charge in [-0.3, -0.25) is 9.59 Å². The van der Waals surface area contributed by atoms with Gasteiger partial charge in [-0.15, -0.1) is 0 Å². The number of nitrogens with one attached hydrogen (secondary N) is 1. The molecule has 1 aliphatic rings.